The second kappa shape index (κ2) is 3.87. The van der Waals surface area contributed by atoms with Gasteiger partial charge in [-0.3, -0.25) is 0 Å². The molecule has 1 aromatic rings. The molecule has 0 saturated carbocycles. The molecule has 0 aliphatic heterocycles. The Bertz CT molecular complexity index is 301. The minimum atomic E-state index is 0.370. The van der Waals surface area contributed by atoms with E-state index < -0.39 is 0 Å². The summed E-state index contributed by atoms with van der Waals surface area (Å²) < 4.78 is 0. The lowest BCUT2D eigenvalue weighted by molar-refractivity contribution is 0.865. The van der Waals surface area contributed by atoms with Gasteiger partial charge in [0.1, 0.15) is 0 Å². The van der Waals surface area contributed by atoms with Gasteiger partial charge in [-0.05, 0) is 18.4 Å². The van der Waals surface area contributed by atoms with Gasteiger partial charge in [0, 0.05) is 18.3 Å². The summed E-state index contributed by atoms with van der Waals surface area (Å²) in [4.78, 5) is 8.13. The molecule has 1 aromatic heterocycles. The molecule has 0 aliphatic rings. The van der Waals surface area contributed by atoms with E-state index in [0.29, 0.717) is 11.7 Å². The molecule has 62 valence electrons. The lowest BCUT2D eigenvalue weighted by Gasteiger charge is -1.90. The molecule has 12 heavy (non-hydrogen) atoms. The normalized spacial score (nSPS) is 9.33. The molecule has 0 spiro atoms. The van der Waals surface area contributed by atoms with Gasteiger partial charge in [0.25, 0.3) is 0 Å². The number of hydrogen-bond donors (Lipinski definition) is 0. The van der Waals surface area contributed by atoms with E-state index in [0.717, 1.165) is 5.56 Å². The second-order valence-corrected chi connectivity index (χ2v) is 3.01. The molecule has 0 saturated heterocycles. The Morgan fingerprint density at radius 2 is 1.83 bits per heavy atom. The molecule has 0 aromatic carbocycles. The number of aryl methyl sites for hydroxylation is 1. The maximum atomic E-state index is 4.07. The average Bonchev–Trinajstić information content (AvgIpc) is 2.03. The van der Waals surface area contributed by atoms with Crippen molar-refractivity contribution in [3.05, 3.63) is 23.8 Å². The fraction of sp³-hybridized carbons (Fsp3) is 0.400. The first kappa shape index (κ1) is 8.73. The predicted octanol–water partition coefficient (Wildman–Crippen LogP) is 1.79. The van der Waals surface area contributed by atoms with Crippen molar-refractivity contribution in [2.75, 3.05) is 0 Å². The minimum Gasteiger partial charge on any atom is -0.229 e. The van der Waals surface area contributed by atoms with Gasteiger partial charge in [-0.25, -0.2) is 9.97 Å². The molecule has 0 aliphatic carbocycles. The summed E-state index contributed by atoms with van der Waals surface area (Å²) in [6.45, 7) is 6.04. The first-order chi connectivity index (χ1) is 5.68. The van der Waals surface area contributed by atoms with Gasteiger partial charge in [-0.1, -0.05) is 19.8 Å². The minimum absolute atomic E-state index is 0.370. The zero-order valence-corrected chi connectivity index (χ0v) is 7.63. The van der Waals surface area contributed by atoms with Crippen LogP contribution in [0.15, 0.2) is 12.4 Å². The van der Waals surface area contributed by atoms with Crippen LogP contribution in [0.2, 0.25) is 0 Å². The summed E-state index contributed by atoms with van der Waals surface area (Å²) in [5.41, 5.74) is 1.06. The molecule has 0 amide bonds. The number of rotatable bonds is 0. The summed E-state index contributed by atoms with van der Waals surface area (Å²) >= 11 is 0. The SMILES string of the molecule is Cc1cnc(C#CC(C)C)nc1. The van der Waals surface area contributed by atoms with E-state index in [1.165, 1.54) is 0 Å². The number of nitrogens with zero attached hydrogens (tertiary/aromatic N) is 2. The van der Waals surface area contributed by atoms with Gasteiger partial charge < -0.3 is 0 Å². The molecule has 0 unspecified atom stereocenters. The van der Waals surface area contributed by atoms with Crippen LogP contribution in [0.4, 0.5) is 0 Å². The van der Waals surface area contributed by atoms with E-state index in [1.54, 1.807) is 12.4 Å². The van der Waals surface area contributed by atoms with Gasteiger partial charge in [0.05, 0.1) is 0 Å². The average molecular weight is 160 g/mol. The summed E-state index contributed by atoms with van der Waals surface area (Å²) in [6, 6.07) is 0. The smallest absolute Gasteiger partial charge is 0.204 e. The van der Waals surface area contributed by atoms with Crippen LogP contribution in [0.25, 0.3) is 0 Å². The predicted molar refractivity (Wildman–Crippen MR) is 48.5 cm³/mol. The van der Waals surface area contributed by atoms with Gasteiger partial charge >= 0.3 is 0 Å². The molecule has 2 heteroatoms. The van der Waals surface area contributed by atoms with E-state index in [2.05, 4.69) is 21.8 Å². The summed E-state index contributed by atoms with van der Waals surface area (Å²) in [5.74, 6) is 6.88. The molecular weight excluding hydrogens is 148 g/mol. The van der Waals surface area contributed by atoms with Crippen molar-refractivity contribution in [1.82, 2.24) is 9.97 Å². The van der Waals surface area contributed by atoms with Gasteiger partial charge in [0.15, 0.2) is 0 Å². The molecular formula is C10H12N2. The lowest BCUT2D eigenvalue weighted by atomic mass is 10.2. The third-order valence-electron chi connectivity index (χ3n) is 1.25. The highest BCUT2D eigenvalue weighted by Gasteiger charge is 1.89. The van der Waals surface area contributed by atoms with Crippen LogP contribution in [0.5, 0.6) is 0 Å². The van der Waals surface area contributed by atoms with Crippen molar-refractivity contribution in [3.63, 3.8) is 0 Å². The van der Waals surface area contributed by atoms with Gasteiger partial charge in [0.2, 0.25) is 5.82 Å². The maximum Gasteiger partial charge on any atom is 0.204 e. The Kier molecular flexibility index (Phi) is 2.82. The fourth-order valence-corrected chi connectivity index (χ4v) is 0.666. The van der Waals surface area contributed by atoms with Crippen LogP contribution >= 0.6 is 0 Å². The summed E-state index contributed by atoms with van der Waals surface area (Å²) in [5, 5.41) is 0. The van der Waals surface area contributed by atoms with Gasteiger partial charge in [-0.15, -0.1) is 0 Å². The molecule has 2 nitrogen and oxygen atoms in total. The Balaban J connectivity index is 2.79. The zero-order valence-electron chi connectivity index (χ0n) is 7.63. The van der Waals surface area contributed by atoms with Crippen molar-refractivity contribution in [2.45, 2.75) is 20.8 Å². The first-order valence-electron chi connectivity index (χ1n) is 3.98. The van der Waals surface area contributed by atoms with E-state index >= 15 is 0 Å². The molecule has 1 heterocycles. The van der Waals surface area contributed by atoms with E-state index in [1.807, 2.05) is 20.8 Å². The monoisotopic (exact) mass is 160 g/mol. The lowest BCUT2D eigenvalue weighted by Crippen LogP contribution is -1.89. The van der Waals surface area contributed by atoms with Crippen molar-refractivity contribution in [2.24, 2.45) is 5.92 Å². The zero-order chi connectivity index (χ0) is 8.97. The van der Waals surface area contributed by atoms with Gasteiger partial charge in [-0.2, -0.15) is 0 Å². The van der Waals surface area contributed by atoms with Crippen LogP contribution in [0.3, 0.4) is 0 Å². The molecule has 0 radical (unpaired) electrons. The summed E-state index contributed by atoms with van der Waals surface area (Å²) in [6.07, 6.45) is 3.55. The van der Waals surface area contributed by atoms with Crippen molar-refractivity contribution in [3.8, 4) is 11.8 Å². The molecule has 0 N–H and O–H groups in total. The Labute approximate surface area is 73.1 Å². The van der Waals surface area contributed by atoms with Crippen LogP contribution in [0.1, 0.15) is 25.2 Å². The van der Waals surface area contributed by atoms with E-state index in [4.69, 9.17) is 0 Å². The molecule has 0 fully saturated rings. The number of aromatic nitrogens is 2. The third kappa shape index (κ3) is 2.71. The van der Waals surface area contributed by atoms with Crippen molar-refractivity contribution in [1.29, 1.82) is 0 Å². The van der Waals surface area contributed by atoms with Crippen LogP contribution in [-0.2, 0) is 0 Å². The topological polar surface area (TPSA) is 25.8 Å². The molecule has 0 bridgehead atoms. The van der Waals surface area contributed by atoms with E-state index in [-0.39, 0.29) is 0 Å². The first-order valence-corrected chi connectivity index (χ1v) is 3.98. The van der Waals surface area contributed by atoms with Crippen LogP contribution in [-0.4, -0.2) is 9.97 Å². The number of hydrogen-bond acceptors (Lipinski definition) is 2. The van der Waals surface area contributed by atoms with Crippen molar-refractivity contribution >= 4 is 0 Å². The standard InChI is InChI=1S/C10H12N2/c1-8(2)4-5-10-11-6-9(3)7-12-10/h6-8H,1-3H3. The van der Waals surface area contributed by atoms with E-state index in [9.17, 15) is 0 Å². The Morgan fingerprint density at radius 3 is 2.33 bits per heavy atom. The van der Waals surface area contributed by atoms with Crippen LogP contribution < -0.4 is 0 Å². The highest BCUT2D eigenvalue weighted by Crippen LogP contribution is 1.92. The Hall–Kier alpha value is -1.36. The Morgan fingerprint density at radius 1 is 1.25 bits per heavy atom. The highest BCUT2D eigenvalue weighted by molar-refractivity contribution is 5.21. The molecule has 1 rings (SSSR count). The van der Waals surface area contributed by atoms with Crippen molar-refractivity contribution < 1.29 is 0 Å². The summed E-state index contributed by atoms with van der Waals surface area (Å²) in [7, 11) is 0. The van der Waals surface area contributed by atoms with Crippen LogP contribution in [0, 0.1) is 24.7 Å². The highest BCUT2D eigenvalue weighted by atomic mass is 14.8. The maximum absolute atomic E-state index is 4.07. The largest absolute Gasteiger partial charge is 0.229 e. The second-order valence-electron chi connectivity index (χ2n) is 3.01. The third-order valence-corrected chi connectivity index (χ3v) is 1.25. The molecule has 0 atom stereocenters. The quantitative estimate of drug-likeness (QED) is 0.541. The fourth-order valence-electron chi connectivity index (χ4n) is 0.666.